The molecular weight excluding hydrogens is 237 g/mol. The van der Waals surface area contributed by atoms with E-state index >= 15 is 0 Å². The van der Waals surface area contributed by atoms with Crippen LogP contribution in [0.15, 0.2) is 24.3 Å². The predicted molar refractivity (Wildman–Crippen MR) is 51.8 cm³/mol. The van der Waals surface area contributed by atoms with Crippen LogP contribution in [0.5, 0.6) is 0 Å². The van der Waals surface area contributed by atoms with Gasteiger partial charge in [-0.05, 0) is 0 Å². The van der Waals surface area contributed by atoms with Gasteiger partial charge >= 0.3 is 90.4 Å². The number of ketones is 2. The van der Waals surface area contributed by atoms with Gasteiger partial charge in [-0.1, -0.05) is 0 Å². The van der Waals surface area contributed by atoms with E-state index in [0.29, 0.717) is 16.6 Å². The van der Waals surface area contributed by atoms with Crippen molar-refractivity contribution in [1.82, 2.24) is 0 Å². The Hall–Kier alpha value is -0.637. The number of hydrogen-bond donors (Lipinski definition) is 0. The van der Waals surface area contributed by atoms with Crippen LogP contribution in [0.4, 0.5) is 0 Å². The molecule has 0 aromatic heterocycles. The molecule has 0 aliphatic heterocycles. The molecule has 3 aliphatic carbocycles. The van der Waals surface area contributed by atoms with Crippen molar-refractivity contribution in [3.8, 4) is 0 Å². The van der Waals surface area contributed by atoms with Crippen LogP contribution >= 0.6 is 0 Å². The normalized spacial score (nSPS) is 48.8. The van der Waals surface area contributed by atoms with Gasteiger partial charge in [-0.2, -0.15) is 0 Å². The van der Waals surface area contributed by atoms with Gasteiger partial charge in [0.1, 0.15) is 0 Å². The molecule has 4 atom stereocenters. The number of fused-ring (bicyclic) bond motifs is 5. The van der Waals surface area contributed by atoms with Crippen molar-refractivity contribution in [3.05, 3.63) is 24.3 Å². The molecule has 3 radical (unpaired) electrons. The summed E-state index contributed by atoms with van der Waals surface area (Å²) >= 11 is 2.15. The van der Waals surface area contributed by atoms with Gasteiger partial charge in [0.25, 0.3) is 0 Å². The van der Waals surface area contributed by atoms with E-state index in [9.17, 15) is 9.59 Å². The molecule has 0 aromatic carbocycles. The Morgan fingerprint density at radius 1 is 0.929 bits per heavy atom. The molecule has 0 aromatic rings. The fraction of sp³-hybridized carbons (Fsp3) is 0.455. The second kappa shape index (κ2) is 2.69. The molecule has 0 spiro atoms. The summed E-state index contributed by atoms with van der Waals surface area (Å²) in [6, 6.07) is 0. The maximum absolute atomic E-state index is 11.7. The summed E-state index contributed by atoms with van der Waals surface area (Å²) in [4.78, 5) is 23.4. The zero-order chi connectivity index (χ0) is 9.87. The minimum absolute atomic E-state index is 0.0440. The number of rotatable bonds is 0. The SMILES string of the molecule is O=C1C=CC(=O)C2C3C=CC([CH]3[Ge])C12. The molecule has 0 saturated heterocycles. The van der Waals surface area contributed by atoms with E-state index in [1.165, 1.54) is 12.2 Å². The van der Waals surface area contributed by atoms with Gasteiger partial charge in [0.05, 0.1) is 0 Å². The Kier molecular flexibility index (Phi) is 1.66. The second-order valence-electron chi connectivity index (χ2n) is 4.26. The molecule has 3 heteroatoms. The van der Waals surface area contributed by atoms with E-state index in [-0.39, 0.29) is 23.4 Å². The number of allylic oxidation sites excluding steroid dienone is 4. The van der Waals surface area contributed by atoms with Crippen LogP contribution < -0.4 is 0 Å². The summed E-state index contributed by atoms with van der Waals surface area (Å²) in [7, 11) is 0. The van der Waals surface area contributed by atoms with E-state index < -0.39 is 0 Å². The second-order valence-corrected chi connectivity index (χ2v) is 5.65. The molecule has 69 valence electrons. The fourth-order valence-corrected chi connectivity index (χ4v) is 4.37. The fourth-order valence-electron chi connectivity index (χ4n) is 3.04. The summed E-state index contributed by atoms with van der Waals surface area (Å²) in [6.07, 6.45) is 7.18. The van der Waals surface area contributed by atoms with Crippen LogP contribution in [-0.4, -0.2) is 28.1 Å². The number of carbonyl (C=O) groups is 2. The van der Waals surface area contributed by atoms with Crippen LogP contribution in [0.2, 0.25) is 4.75 Å². The molecule has 2 nitrogen and oxygen atoms in total. The molecule has 2 bridgehead atoms. The molecule has 14 heavy (non-hydrogen) atoms. The molecule has 1 fully saturated rings. The quantitative estimate of drug-likeness (QED) is 0.465. The molecule has 4 unspecified atom stereocenters. The van der Waals surface area contributed by atoms with Gasteiger partial charge < -0.3 is 0 Å². The maximum atomic E-state index is 11.7. The zero-order valence-electron chi connectivity index (χ0n) is 7.51. The molecular formula is C11H9GeO2. The first-order chi connectivity index (χ1) is 6.70. The van der Waals surface area contributed by atoms with Crippen LogP contribution in [-0.2, 0) is 9.59 Å². The monoisotopic (exact) mass is 247 g/mol. The van der Waals surface area contributed by atoms with Gasteiger partial charge in [-0.3, -0.25) is 0 Å². The van der Waals surface area contributed by atoms with E-state index in [4.69, 9.17) is 0 Å². The average molecular weight is 246 g/mol. The Morgan fingerprint density at radius 3 is 1.79 bits per heavy atom. The van der Waals surface area contributed by atoms with Crippen molar-refractivity contribution in [2.75, 3.05) is 0 Å². The first-order valence-corrected chi connectivity index (χ1v) is 6.06. The zero-order valence-corrected chi connectivity index (χ0v) is 9.61. The van der Waals surface area contributed by atoms with Crippen molar-refractivity contribution in [3.63, 3.8) is 0 Å². The molecule has 0 amide bonds. The van der Waals surface area contributed by atoms with Crippen molar-refractivity contribution in [2.45, 2.75) is 4.75 Å². The number of hydrogen-bond acceptors (Lipinski definition) is 2. The Bertz CT molecular complexity index is 349. The van der Waals surface area contributed by atoms with Crippen molar-refractivity contribution < 1.29 is 9.59 Å². The molecule has 3 aliphatic rings. The summed E-state index contributed by atoms with van der Waals surface area (Å²) in [5.74, 6) is 0.837. The molecule has 0 N–H and O–H groups in total. The third kappa shape index (κ3) is 0.874. The van der Waals surface area contributed by atoms with Crippen LogP contribution in [0.25, 0.3) is 0 Å². The van der Waals surface area contributed by atoms with Gasteiger partial charge in [0.2, 0.25) is 0 Å². The van der Waals surface area contributed by atoms with E-state index in [1.807, 2.05) is 0 Å². The van der Waals surface area contributed by atoms with E-state index in [1.54, 1.807) is 0 Å². The molecule has 0 heterocycles. The summed E-state index contributed by atoms with van der Waals surface area (Å²) in [6.45, 7) is 0. The average Bonchev–Trinajstić information content (AvgIpc) is 2.67. The van der Waals surface area contributed by atoms with Gasteiger partial charge in [-0.25, -0.2) is 0 Å². The topological polar surface area (TPSA) is 34.1 Å². The van der Waals surface area contributed by atoms with Crippen molar-refractivity contribution in [2.24, 2.45) is 23.7 Å². The van der Waals surface area contributed by atoms with Crippen LogP contribution in [0, 0.1) is 23.7 Å². The molecule has 3 rings (SSSR count). The first-order valence-electron chi connectivity index (χ1n) is 4.85. The van der Waals surface area contributed by atoms with Crippen molar-refractivity contribution in [1.29, 1.82) is 0 Å². The predicted octanol–water partition coefficient (Wildman–Crippen LogP) is 0.700. The Labute approximate surface area is 90.7 Å². The van der Waals surface area contributed by atoms with Crippen LogP contribution in [0.3, 0.4) is 0 Å². The van der Waals surface area contributed by atoms with Crippen molar-refractivity contribution >= 4 is 28.1 Å². The van der Waals surface area contributed by atoms with Gasteiger partial charge in [0, 0.05) is 0 Å². The van der Waals surface area contributed by atoms with E-state index in [2.05, 4.69) is 28.7 Å². The van der Waals surface area contributed by atoms with E-state index in [0.717, 1.165) is 0 Å². The summed E-state index contributed by atoms with van der Waals surface area (Å²) in [5.41, 5.74) is 0. The third-order valence-electron chi connectivity index (χ3n) is 3.67. The standard InChI is InChI=1S/C11H9GeO2/c12-11-5-1-2-6(11)10-8(14)4-3-7(13)9(5)10/h1-6,9-11H. The van der Waals surface area contributed by atoms with Gasteiger partial charge in [0.15, 0.2) is 0 Å². The van der Waals surface area contributed by atoms with Gasteiger partial charge in [-0.15, -0.1) is 0 Å². The number of carbonyl (C=O) groups excluding carboxylic acids is 2. The third-order valence-corrected chi connectivity index (χ3v) is 5.29. The van der Waals surface area contributed by atoms with Crippen LogP contribution in [0.1, 0.15) is 0 Å². The molecule has 1 saturated carbocycles. The Balaban J connectivity index is 2.10. The first kappa shape index (κ1) is 8.65. The minimum atomic E-state index is -0.0440. The Morgan fingerprint density at radius 2 is 1.36 bits per heavy atom. The summed E-state index contributed by atoms with van der Waals surface area (Å²) < 4.78 is 0.470. The summed E-state index contributed by atoms with van der Waals surface area (Å²) in [5, 5.41) is 0.